The van der Waals surface area contributed by atoms with E-state index in [9.17, 15) is 19.7 Å². The van der Waals surface area contributed by atoms with Crippen LogP contribution in [0.15, 0.2) is 47.4 Å². The monoisotopic (exact) mass is 402 g/mol. The number of hydrogen-bond acceptors (Lipinski definition) is 7. The van der Waals surface area contributed by atoms with Gasteiger partial charge in [0, 0.05) is 23.5 Å². The second-order valence-electron chi connectivity index (χ2n) is 6.12. The highest BCUT2D eigenvalue weighted by atomic mass is 32.2. The maximum Gasteiger partial charge on any atom is 0.316 e. The Labute approximate surface area is 165 Å². The Balaban J connectivity index is 1.73. The molecule has 2 aromatic rings. The molecule has 1 fully saturated rings. The molecule has 0 radical (unpaired) electrons. The smallest absolute Gasteiger partial charge is 0.316 e. The van der Waals surface area contributed by atoms with Crippen LogP contribution in [0.4, 0.5) is 11.4 Å². The maximum atomic E-state index is 12.5. The first-order valence-corrected chi connectivity index (χ1v) is 9.64. The summed E-state index contributed by atoms with van der Waals surface area (Å²) in [4.78, 5) is 38.0. The average molecular weight is 402 g/mol. The van der Waals surface area contributed by atoms with Gasteiger partial charge in [-0.3, -0.25) is 19.7 Å². The van der Waals surface area contributed by atoms with Gasteiger partial charge < -0.3 is 14.4 Å². The number of carbonyl (C=O) groups is 2. The molecule has 0 aliphatic carbocycles. The summed E-state index contributed by atoms with van der Waals surface area (Å²) in [6.45, 7) is 0.167. The standard InChI is InChI=1S/C19H18N2O6S/c1-26-14-5-8-17(16(10-14)21(24)25)27-19(23)12-9-18(22)20(11-12)13-3-6-15(28-2)7-4-13/h3-8,10,12H,9,11H2,1-2H3. The molecule has 0 spiro atoms. The molecule has 1 amide bonds. The topological polar surface area (TPSA) is 99.0 Å². The largest absolute Gasteiger partial charge is 0.496 e. The zero-order valence-electron chi connectivity index (χ0n) is 15.3. The number of nitrogens with zero attached hydrogens (tertiary/aromatic N) is 2. The predicted octanol–water partition coefficient (Wildman–Crippen LogP) is 3.28. The van der Waals surface area contributed by atoms with Gasteiger partial charge in [0.05, 0.1) is 24.0 Å². The summed E-state index contributed by atoms with van der Waals surface area (Å²) in [6.07, 6.45) is 1.95. The van der Waals surface area contributed by atoms with Crippen LogP contribution in [0, 0.1) is 16.0 Å². The fraction of sp³-hybridized carbons (Fsp3) is 0.263. The Morgan fingerprint density at radius 3 is 2.57 bits per heavy atom. The van der Waals surface area contributed by atoms with Gasteiger partial charge in [0.1, 0.15) is 5.75 Å². The van der Waals surface area contributed by atoms with Crippen LogP contribution < -0.4 is 14.4 Å². The lowest BCUT2D eigenvalue weighted by atomic mass is 10.1. The molecular formula is C19H18N2O6S. The van der Waals surface area contributed by atoms with E-state index < -0.39 is 16.8 Å². The zero-order chi connectivity index (χ0) is 20.3. The first-order valence-electron chi connectivity index (χ1n) is 8.41. The van der Waals surface area contributed by atoms with Gasteiger partial charge in [-0.2, -0.15) is 0 Å². The zero-order valence-corrected chi connectivity index (χ0v) is 16.1. The number of nitro groups is 1. The van der Waals surface area contributed by atoms with E-state index in [0.717, 1.165) is 4.90 Å². The number of esters is 1. The molecule has 1 heterocycles. The van der Waals surface area contributed by atoms with E-state index in [1.54, 1.807) is 11.8 Å². The summed E-state index contributed by atoms with van der Waals surface area (Å²) in [5, 5.41) is 11.2. The van der Waals surface area contributed by atoms with Crippen molar-refractivity contribution < 1.29 is 24.0 Å². The highest BCUT2D eigenvalue weighted by Gasteiger charge is 2.37. The molecule has 8 nitrogen and oxygen atoms in total. The van der Waals surface area contributed by atoms with Crippen molar-refractivity contribution in [3.63, 3.8) is 0 Å². The van der Waals surface area contributed by atoms with Crippen molar-refractivity contribution >= 4 is 35.0 Å². The molecular weight excluding hydrogens is 384 g/mol. The lowest BCUT2D eigenvalue weighted by Crippen LogP contribution is -2.27. The Morgan fingerprint density at radius 1 is 1.25 bits per heavy atom. The van der Waals surface area contributed by atoms with Gasteiger partial charge in [0.25, 0.3) is 0 Å². The molecule has 3 rings (SSSR count). The minimum Gasteiger partial charge on any atom is -0.496 e. The van der Waals surface area contributed by atoms with Crippen LogP contribution in [-0.4, -0.2) is 36.7 Å². The lowest BCUT2D eigenvalue weighted by molar-refractivity contribution is -0.385. The second-order valence-corrected chi connectivity index (χ2v) is 6.99. The van der Waals surface area contributed by atoms with Crippen molar-refractivity contribution in [3.8, 4) is 11.5 Å². The van der Waals surface area contributed by atoms with E-state index in [1.165, 1.54) is 30.2 Å². The third-order valence-electron chi connectivity index (χ3n) is 4.42. The molecule has 1 aliphatic heterocycles. The quantitative estimate of drug-likeness (QED) is 0.240. The summed E-state index contributed by atoms with van der Waals surface area (Å²) < 4.78 is 10.2. The normalized spacial score (nSPS) is 16.1. The van der Waals surface area contributed by atoms with Crippen LogP contribution in [0.2, 0.25) is 0 Å². The number of hydrogen-bond donors (Lipinski definition) is 0. The highest BCUT2D eigenvalue weighted by Crippen LogP contribution is 2.33. The molecule has 2 aromatic carbocycles. The summed E-state index contributed by atoms with van der Waals surface area (Å²) in [6, 6.07) is 11.4. The number of methoxy groups -OCH3 is 1. The number of benzene rings is 2. The van der Waals surface area contributed by atoms with E-state index in [0.29, 0.717) is 5.69 Å². The number of ether oxygens (including phenoxy) is 2. The molecule has 9 heteroatoms. The van der Waals surface area contributed by atoms with Crippen molar-refractivity contribution in [2.24, 2.45) is 5.92 Å². The molecule has 1 atom stereocenters. The summed E-state index contributed by atoms with van der Waals surface area (Å²) >= 11 is 1.59. The second kappa shape index (κ2) is 8.30. The van der Waals surface area contributed by atoms with Crippen molar-refractivity contribution in [3.05, 3.63) is 52.6 Å². The van der Waals surface area contributed by atoms with Crippen LogP contribution in [0.1, 0.15) is 6.42 Å². The fourth-order valence-corrected chi connectivity index (χ4v) is 3.33. The van der Waals surface area contributed by atoms with E-state index in [-0.39, 0.29) is 36.1 Å². The minimum absolute atomic E-state index is 0.00688. The van der Waals surface area contributed by atoms with E-state index >= 15 is 0 Å². The van der Waals surface area contributed by atoms with E-state index in [4.69, 9.17) is 9.47 Å². The molecule has 0 bridgehead atoms. The van der Waals surface area contributed by atoms with Crippen molar-refractivity contribution in [1.29, 1.82) is 0 Å². The lowest BCUT2D eigenvalue weighted by Gasteiger charge is -2.16. The average Bonchev–Trinajstić information content (AvgIpc) is 3.10. The summed E-state index contributed by atoms with van der Waals surface area (Å²) in [5.74, 6) is -1.46. The summed E-state index contributed by atoms with van der Waals surface area (Å²) in [5.41, 5.74) is 0.329. The van der Waals surface area contributed by atoms with Crippen LogP contribution >= 0.6 is 11.8 Å². The van der Waals surface area contributed by atoms with Gasteiger partial charge in [0.15, 0.2) is 0 Å². The molecule has 0 N–H and O–H groups in total. The Bertz CT molecular complexity index is 915. The summed E-state index contributed by atoms with van der Waals surface area (Å²) in [7, 11) is 1.38. The molecule has 0 saturated carbocycles. The van der Waals surface area contributed by atoms with E-state index in [2.05, 4.69) is 0 Å². The Hall–Kier alpha value is -3.07. The van der Waals surface area contributed by atoms with Crippen LogP contribution in [0.5, 0.6) is 11.5 Å². The van der Waals surface area contributed by atoms with Crippen molar-refractivity contribution in [1.82, 2.24) is 0 Å². The van der Waals surface area contributed by atoms with Gasteiger partial charge in [0.2, 0.25) is 11.7 Å². The number of amides is 1. The van der Waals surface area contributed by atoms with Crippen LogP contribution in [0.25, 0.3) is 0 Å². The predicted molar refractivity (Wildman–Crippen MR) is 104 cm³/mol. The number of anilines is 1. The maximum absolute atomic E-state index is 12.5. The van der Waals surface area contributed by atoms with Crippen molar-refractivity contribution in [2.45, 2.75) is 11.3 Å². The first-order chi connectivity index (χ1) is 13.4. The molecule has 28 heavy (non-hydrogen) atoms. The highest BCUT2D eigenvalue weighted by molar-refractivity contribution is 7.98. The Morgan fingerprint density at radius 2 is 1.96 bits per heavy atom. The molecule has 1 unspecified atom stereocenters. The fourth-order valence-electron chi connectivity index (χ4n) is 2.92. The number of carbonyl (C=O) groups excluding carboxylic acids is 2. The molecule has 0 aromatic heterocycles. The third-order valence-corrected chi connectivity index (χ3v) is 5.16. The van der Waals surface area contributed by atoms with Gasteiger partial charge in [-0.25, -0.2) is 0 Å². The number of rotatable bonds is 6. The molecule has 146 valence electrons. The van der Waals surface area contributed by atoms with Crippen LogP contribution in [0.3, 0.4) is 0 Å². The van der Waals surface area contributed by atoms with Crippen LogP contribution in [-0.2, 0) is 9.59 Å². The molecule has 1 saturated heterocycles. The Kier molecular flexibility index (Phi) is 5.84. The molecule has 1 aliphatic rings. The van der Waals surface area contributed by atoms with Gasteiger partial charge in [-0.1, -0.05) is 0 Å². The van der Waals surface area contributed by atoms with Gasteiger partial charge >= 0.3 is 11.7 Å². The van der Waals surface area contributed by atoms with E-state index in [1.807, 2.05) is 30.5 Å². The van der Waals surface area contributed by atoms with Crippen molar-refractivity contribution in [2.75, 3.05) is 24.8 Å². The number of nitro benzene ring substituents is 1. The third kappa shape index (κ3) is 4.09. The van der Waals surface area contributed by atoms with Gasteiger partial charge in [-0.15, -0.1) is 11.8 Å². The number of thioether (sulfide) groups is 1. The SMILES string of the molecule is COc1ccc(OC(=O)C2CC(=O)N(c3ccc(SC)cc3)C2)c([N+](=O)[O-])c1. The first kappa shape index (κ1) is 19.7. The van der Waals surface area contributed by atoms with Gasteiger partial charge in [-0.05, 0) is 42.7 Å². The minimum atomic E-state index is -0.700.